The molecule has 0 aliphatic carbocycles. The maximum absolute atomic E-state index is 13.7. The Morgan fingerprint density at radius 2 is 1.86 bits per heavy atom. The number of carbonyl (C=O) groups is 2. The van der Waals surface area contributed by atoms with Crippen molar-refractivity contribution in [3.63, 3.8) is 0 Å². The van der Waals surface area contributed by atoms with Crippen molar-refractivity contribution >= 4 is 51.5 Å². The Labute approximate surface area is 218 Å². The fraction of sp³-hybridized carbons (Fsp3) is 0.167. The highest BCUT2D eigenvalue weighted by Gasteiger charge is 2.37. The number of amides is 2. The summed E-state index contributed by atoms with van der Waals surface area (Å²) in [5.41, 5.74) is 0.340. The van der Waals surface area contributed by atoms with Gasteiger partial charge in [0.1, 0.15) is 5.69 Å². The Kier molecular flexibility index (Phi) is 7.39. The van der Waals surface area contributed by atoms with Gasteiger partial charge in [-0.05, 0) is 30.5 Å². The number of nitrogens with zero attached hydrogens (tertiary/aromatic N) is 4. The van der Waals surface area contributed by atoms with Crippen LogP contribution in [0.15, 0.2) is 54.7 Å². The van der Waals surface area contributed by atoms with Crippen LogP contribution in [0.5, 0.6) is 0 Å². The predicted molar refractivity (Wildman–Crippen MR) is 132 cm³/mol. The van der Waals surface area contributed by atoms with E-state index in [9.17, 15) is 22.8 Å². The van der Waals surface area contributed by atoms with Crippen LogP contribution in [-0.2, 0) is 11.0 Å². The van der Waals surface area contributed by atoms with Crippen LogP contribution in [0.3, 0.4) is 0 Å². The number of benzene rings is 2. The Morgan fingerprint density at radius 1 is 1.14 bits per heavy atom. The number of hydroxylamine groups is 1. The minimum atomic E-state index is -4.86. The number of anilines is 1. The van der Waals surface area contributed by atoms with Gasteiger partial charge in [-0.15, -0.1) is 0 Å². The number of pyridine rings is 1. The van der Waals surface area contributed by atoms with Crippen LogP contribution in [0.25, 0.3) is 16.6 Å². The standard InChI is InChI=1S/C24H18Cl2F3N5O3/c1-3-37-32-22(35)15-11-13-7-4-5-8-14(13)19(26)20(15)33(2)23(36)17-12-18(24(27,28)29)31-34(17)21-16(25)9-6-10-30-21/h4-12H,3H2,1-2H3,(H,32,35). The van der Waals surface area contributed by atoms with Crippen LogP contribution in [0.4, 0.5) is 18.9 Å². The molecular weight excluding hydrogens is 534 g/mol. The zero-order valence-electron chi connectivity index (χ0n) is 19.3. The zero-order chi connectivity index (χ0) is 26.9. The molecule has 0 atom stereocenters. The summed E-state index contributed by atoms with van der Waals surface area (Å²) < 4.78 is 41.4. The van der Waals surface area contributed by atoms with E-state index in [0.29, 0.717) is 21.5 Å². The highest BCUT2D eigenvalue weighted by Crippen LogP contribution is 2.38. The lowest BCUT2D eigenvalue weighted by Gasteiger charge is -2.23. The number of carbonyl (C=O) groups excluding carboxylic acids is 2. The molecule has 2 amide bonds. The molecule has 0 bridgehead atoms. The number of rotatable bonds is 6. The minimum absolute atomic E-state index is 0.0310. The fourth-order valence-corrected chi connectivity index (χ4v) is 4.23. The molecule has 2 aromatic carbocycles. The van der Waals surface area contributed by atoms with Gasteiger partial charge in [0, 0.05) is 24.7 Å². The first-order valence-corrected chi connectivity index (χ1v) is 11.5. The van der Waals surface area contributed by atoms with Gasteiger partial charge in [0.15, 0.2) is 11.5 Å². The van der Waals surface area contributed by atoms with Crippen LogP contribution in [0, 0.1) is 0 Å². The van der Waals surface area contributed by atoms with E-state index in [2.05, 4.69) is 15.6 Å². The molecule has 0 fully saturated rings. The molecule has 13 heteroatoms. The molecule has 37 heavy (non-hydrogen) atoms. The molecule has 0 spiro atoms. The number of alkyl halides is 3. The molecule has 0 saturated carbocycles. The monoisotopic (exact) mass is 551 g/mol. The van der Waals surface area contributed by atoms with Crippen molar-refractivity contribution in [2.24, 2.45) is 0 Å². The molecule has 0 aliphatic rings. The van der Waals surface area contributed by atoms with E-state index in [1.165, 1.54) is 31.4 Å². The van der Waals surface area contributed by atoms with E-state index in [4.69, 9.17) is 28.0 Å². The van der Waals surface area contributed by atoms with Crippen molar-refractivity contribution in [3.05, 3.63) is 81.7 Å². The van der Waals surface area contributed by atoms with Crippen LogP contribution in [0.1, 0.15) is 33.5 Å². The molecule has 4 aromatic rings. The predicted octanol–water partition coefficient (Wildman–Crippen LogP) is 5.70. The van der Waals surface area contributed by atoms with Crippen molar-refractivity contribution < 1.29 is 27.6 Å². The Balaban J connectivity index is 1.90. The highest BCUT2D eigenvalue weighted by molar-refractivity contribution is 6.40. The molecule has 0 radical (unpaired) electrons. The Hall–Kier alpha value is -3.67. The first kappa shape index (κ1) is 26.4. The summed E-state index contributed by atoms with van der Waals surface area (Å²) in [7, 11) is 1.28. The van der Waals surface area contributed by atoms with Crippen molar-refractivity contribution in [2.75, 3.05) is 18.6 Å². The quantitative estimate of drug-likeness (QED) is 0.310. The third kappa shape index (κ3) is 5.10. The van der Waals surface area contributed by atoms with Crippen LogP contribution < -0.4 is 10.4 Å². The summed E-state index contributed by atoms with van der Waals surface area (Å²) in [5, 5.41) is 4.67. The van der Waals surface area contributed by atoms with E-state index >= 15 is 0 Å². The zero-order valence-corrected chi connectivity index (χ0v) is 20.8. The lowest BCUT2D eigenvalue weighted by atomic mass is 10.0. The average molecular weight is 552 g/mol. The summed E-state index contributed by atoms with van der Waals surface area (Å²) >= 11 is 12.8. The van der Waals surface area contributed by atoms with Gasteiger partial charge >= 0.3 is 6.18 Å². The van der Waals surface area contributed by atoms with Crippen LogP contribution in [-0.4, -0.2) is 40.2 Å². The van der Waals surface area contributed by atoms with Gasteiger partial charge in [-0.25, -0.2) is 15.1 Å². The van der Waals surface area contributed by atoms with Crippen molar-refractivity contribution in [1.82, 2.24) is 20.2 Å². The molecule has 8 nitrogen and oxygen atoms in total. The third-order valence-electron chi connectivity index (χ3n) is 5.31. The van der Waals surface area contributed by atoms with Gasteiger partial charge < -0.3 is 4.90 Å². The Morgan fingerprint density at radius 3 is 2.54 bits per heavy atom. The molecule has 2 aromatic heterocycles. The lowest BCUT2D eigenvalue weighted by Crippen LogP contribution is -2.32. The van der Waals surface area contributed by atoms with Crippen LogP contribution >= 0.6 is 23.2 Å². The lowest BCUT2D eigenvalue weighted by molar-refractivity contribution is -0.141. The number of hydrogen-bond acceptors (Lipinski definition) is 5. The first-order valence-electron chi connectivity index (χ1n) is 10.7. The summed E-state index contributed by atoms with van der Waals surface area (Å²) in [5.74, 6) is -1.84. The second kappa shape index (κ2) is 10.4. The average Bonchev–Trinajstić information content (AvgIpc) is 3.32. The smallest absolute Gasteiger partial charge is 0.308 e. The summed E-state index contributed by atoms with van der Waals surface area (Å²) in [6.07, 6.45) is -3.56. The van der Waals surface area contributed by atoms with Crippen molar-refractivity contribution in [2.45, 2.75) is 13.1 Å². The number of fused-ring (bicyclic) bond motifs is 1. The molecule has 0 aliphatic heterocycles. The van der Waals surface area contributed by atoms with Crippen molar-refractivity contribution in [3.8, 4) is 5.82 Å². The topological polar surface area (TPSA) is 89.4 Å². The van der Waals surface area contributed by atoms with Gasteiger partial charge in [-0.1, -0.05) is 47.5 Å². The van der Waals surface area contributed by atoms with Crippen LogP contribution in [0.2, 0.25) is 10.0 Å². The second-order valence-electron chi connectivity index (χ2n) is 7.67. The van der Waals surface area contributed by atoms with Gasteiger partial charge in [-0.3, -0.25) is 14.4 Å². The normalized spacial score (nSPS) is 11.5. The minimum Gasteiger partial charge on any atom is -0.308 e. The fourth-order valence-electron chi connectivity index (χ4n) is 3.63. The van der Waals surface area contributed by atoms with Crippen molar-refractivity contribution in [1.29, 1.82) is 0 Å². The molecule has 1 N–H and O–H groups in total. The molecule has 0 saturated heterocycles. The number of halogens is 5. The molecular formula is C24H18Cl2F3N5O3. The molecule has 192 valence electrons. The highest BCUT2D eigenvalue weighted by atomic mass is 35.5. The summed E-state index contributed by atoms with van der Waals surface area (Å²) in [4.78, 5) is 36.6. The maximum Gasteiger partial charge on any atom is 0.435 e. The van der Waals surface area contributed by atoms with E-state index in [1.54, 1.807) is 31.2 Å². The number of aromatic nitrogens is 3. The molecule has 2 heterocycles. The first-order chi connectivity index (χ1) is 17.5. The van der Waals surface area contributed by atoms with Gasteiger partial charge in [0.05, 0.1) is 27.9 Å². The van der Waals surface area contributed by atoms with E-state index in [0.717, 1.165) is 4.90 Å². The second-order valence-corrected chi connectivity index (χ2v) is 8.45. The summed E-state index contributed by atoms with van der Waals surface area (Å²) in [6.45, 7) is 1.83. The maximum atomic E-state index is 13.7. The SMILES string of the molecule is CCONC(=O)c1cc2ccccc2c(Cl)c1N(C)C(=O)c1cc(C(F)(F)F)nn1-c1ncccc1Cl. The van der Waals surface area contributed by atoms with Gasteiger partial charge in [0.25, 0.3) is 11.8 Å². The number of nitrogens with one attached hydrogen (secondary N) is 1. The van der Waals surface area contributed by atoms with E-state index < -0.39 is 29.4 Å². The van der Waals surface area contributed by atoms with E-state index in [-0.39, 0.29) is 33.7 Å². The third-order valence-corrected chi connectivity index (χ3v) is 5.99. The van der Waals surface area contributed by atoms with Gasteiger partial charge in [0.2, 0.25) is 0 Å². The van der Waals surface area contributed by atoms with E-state index in [1.807, 2.05) is 0 Å². The molecule has 0 unspecified atom stereocenters. The largest absolute Gasteiger partial charge is 0.435 e. The van der Waals surface area contributed by atoms with Gasteiger partial charge in [-0.2, -0.15) is 18.3 Å². The number of hydrogen-bond donors (Lipinski definition) is 1. The summed E-state index contributed by atoms with van der Waals surface area (Å²) in [6, 6.07) is 11.8. The molecule has 4 rings (SSSR count). The Bertz CT molecular complexity index is 1510.